The third-order valence-electron chi connectivity index (χ3n) is 6.25. The van der Waals surface area contributed by atoms with Crippen LogP contribution in [-0.2, 0) is 23.2 Å². The van der Waals surface area contributed by atoms with Crippen molar-refractivity contribution in [2.45, 2.75) is 60.7 Å². The summed E-state index contributed by atoms with van der Waals surface area (Å²) in [5.74, 6) is 0.779. The molecule has 7 heteroatoms. The number of carbonyl (C=O) groups is 1. The molecule has 0 radical (unpaired) electrons. The number of fused-ring (bicyclic) bond motifs is 1. The molecule has 7 nitrogen and oxygen atoms in total. The number of hydrogen-bond acceptors (Lipinski definition) is 5. The third kappa shape index (κ3) is 5.36. The average Bonchev–Trinajstić information content (AvgIpc) is 3.37. The third-order valence-corrected chi connectivity index (χ3v) is 6.25. The van der Waals surface area contributed by atoms with Gasteiger partial charge in [-0.3, -0.25) is 9.48 Å². The fraction of sp³-hybridized carbons (Fsp3) is 0.414. The number of aryl methyl sites for hydroxylation is 2. The Morgan fingerprint density at radius 3 is 2.42 bits per heavy atom. The monoisotopic (exact) mass is 488 g/mol. The van der Waals surface area contributed by atoms with Gasteiger partial charge >= 0.3 is 0 Å². The van der Waals surface area contributed by atoms with E-state index in [0.29, 0.717) is 6.61 Å². The van der Waals surface area contributed by atoms with Crippen molar-refractivity contribution in [3.8, 4) is 22.7 Å². The Balaban J connectivity index is 1.82. The van der Waals surface area contributed by atoms with Crippen LogP contribution in [-0.4, -0.2) is 37.6 Å². The highest BCUT2D eigenvalue weighted by Crippen LogP contribution is 2.32. The van der Waals surface area contributed by atoms with E-state index in [9.17, 15) is 4.79 Å². The number of nitrogens with zero attached hydrogens (tertiary/aromatic N) is 4. The summed E-state index contributed by atoms with van der Waals surface area (Å²) in [5, 5.41) is 10.6. The molecule has 0 N–H and O–H groups in total. The maximum Gasteiger partial charge on any atom is 0.161 e. The predicted octanol–water partition coefficient (Wildman–Crippen LogP) is 6.04. The summed E-state index contributed by atoms with van der Waals surface area (Å²) in [6, 6.07) is 16.2. The SMILES string of the molecule is CC(=O)C(C)(C)OCc1cc(-c2cccc(OCC(C)(C)C)c2)n(-c2cccc3c(C)nn(C)c23)n1. The van der Waals surface area contributed by atoms with E-state index < -0.39 is 5.60 Å². The van der Waals surface area contributed by atoms with Crippen LogP contribution in [0.25, 0.3) is 27.8 Å². The van der Waals surface area contributed by atoms with Crippen molar-refractivity contribution in [2.24, 2.45) is 12.5 Å². The van der Waals surface area contributed by atoms with Gasteiger partial charge < -0.3 is 9.47 Å². The van der Waals surface area contributed by atoms with Crippen molar-refractivity contribution in [3.05, 3.63) is 59.9 Å². The summed E-state index contributed by atoms with van der Waals surface area (Å²) in [4.78, 5) is 12.0. The summed E-state index contributed by atoms with van der Waals surface area (Å²) in [7, 11) is 1.95. The van der Waals surface area contributed by atoms with Crippen molar-refractivity contribution < 1.29 is 14.3 Å². The van der Waals surface area contributed by atoms with E-state index in [-0.39, 0.29) is 17.8 Å². The Morgan fingerprint density at radius 1 is 1.00 bits per heavy atom. The molecule has 0 unspecified atom stereocenters. The van der Waals surface area contributed by atoms with Gasteiger partial charge in [-0.25, -0.2) is 4.68 Å². The number of hydrogen-bond donors (Lipinski definition) is 0. The first-order valence-electron chi connectivity index (χ1n) is 12.3. The van der Waals surface area contributed by atoms with Gasteiger partial charge in [-0.05, 0) is 57.4 Å². The molecular formula is C29H36N4O3. The van der Waals surface area contributed by atoms with Crippen LogP contribution in [0.15, 0.2) is 48.5 Å². The van der Waals surface area contributed by atoms with Gasteiger partial charge in [0.1, 0.15) is 11.4 Å². The standard InChI is InChI=1S/C29H36N4O3/c1-19-24-13-10-14-25(27(24)32(8)30-19)33-26(16-22(31-33)17-36-29(6,7)20(2)34)21-11-9-12-23(15-21)35-18-28(3,4)5/h9-16H,17-18H2,1-8H3. The Kier molecular flexibility index (Phi) is 6.80. The number of rotatable bonds is 8. The fourth-order valence-electron chi connectivity index (χ4n) is 3.95. The summed E-state index contributed by atoms with van der Waals surface area (Å²) in [5.41, 5.74) is 4.66. The first-order valence-corrected chi connectivity index (χ1v) is 12.3. The van der Waals surface area contributed by atoms with E-state index >= 15 is 0 Å². The van der Waals surface area contributed by atoms with Crippen molar-refractivity contribution in [1.82, 2.24) is 19.6 Å². The maximum atomic E-state index is 12.0. The Morgan fingerprint density at radius 2 is 1.72 bits per heavy atom. The second-order valence-corrected chi connectivity index (χ2v) is 11.0. The summed E-state index contributed by atoms with van der Waals surface area (Å²) >= 11 is 0. The van der Waals surface area contributed by atoms with Gasteiger partial charge in [0.25, 0.3) is 0 Å². The highest BCUT2D eigenvalue weighted by Gasteiger charge is 2.25. The van der Waals surface area contributed by atoms with Crippen LogP contribution in [0.2, 0.25) is 0 Å². The molecule has 0 aliphatic rings. The van der Waals surface area contributed by atoms with Crippen LogP contribution >= 0.6 is 0 Å². The van der Waals surface area contributed by atoms with Gasteiger partial charge in [0.2, 0.25) is 0 Å². The molecule has 0 spiro atoms. The zero-order valence-corrected chi connectivity index (χ0v) is 22.5. The summed E-state index contributed by atoms with van der Waals surface area (Å²) in [6.07, 6.45) is 0. The quantitative estimate of drug-likeness (QED) is 0.302. The number of aromatic nitrogens is 4. The number of ketones is 1. The number of Topliss-reactive ketones (excluding diaryl/α,β-unsaturated/α-hetero) is 1. The Bertz CT molecular complexity index is 1410. The zero-order chi connectivity index (χ0) is 26.3. The van der Waals surface area contributed by atoms with Gasteiger partial charge in [-0.1, -0.05) is 45.0 Å². The van der Waals surface area contributed by atoms with E-state index in [1.165, 1.54) is 0 Å². The molecule has 0 saturated heterocycles. The topological polar surface area (TPSA) is 71.2 Å². The highest BCUT2D eigenvalue weighted by molar-refractivity contribution is 5.89. The number of ether oxygens (including phenoxy) is 2. The largest absolute Gasteiger partial charge is 0.493 e. The number of carbonyl (C=O) groups excluding carboxylic acids is 1. The minimum atomic E-state index is -0.885. The lowest BCUT2D eigenvalue weighted by Crippen LogP contribution is -2.32. The smallest absolute Gasteiger partial charge is 0.161 e. The van der Waals surface area contributed by atoms with Crippen molar-refractivity contribution >= 4 is 16.7 Å². The minimum absolute atomic E-state index is 0.0269. The van der Waals surface area contributed by atoms with Crippen LogP contribution in [0.5, 0.6) is 5.75 Å². The zero-order valence-electron chi connectivity index (χ0n) is 22.5. The van der Waals surface area contributed by atoms with E-state index in [1.807, 2.05) is 59.7 Å². The molecule has 36 heavy (non-hydrogen) atoms. The second-order valence-electron chi connectivity index (χ2n) is 11.0. The molecule has 0 amide bonds. The number of benzene rings is 2. The van der Waals surface area contributed by atoms with Gasteiger partial charge in [0.05, 0.1) is 41.5 Å². The summed E-state index contributed by atoms with van der Waals surface area (Å²) in [6.45, 7) is 14.4. The minimum Gasteiger partial charge on any atom is -0.493 e. The predicted molar refractivity (Wildman–Crippen MR) is 143 cm³/mol. The van der Waals surface area contributed by atoms with E-state index in [4.69, 9.17) is 14.6 Å². The fourth-order valence-corrected chi connectivity index (χ4v) is 3.95. The van der Waals surface area contributed by atoms with Crippen LogP contribution in [0.3, 0.4) is 0 Å². The molecule has 0 bridgehead atoms. The Hall–Kier alpha value is -3.45. The van der Waals surface area contributed by atoms with Gasteiger partial charge in [0.15, 0.2) is 5.78 Å². The van der Waals surface area contributed by atoms with E-state index in [0.717, 1.165) is 45.0 Å². The van der Waals surface area contributed by atoms with Crippen molar-refractivity contribution in [3.63, 3.8) is 0 Å². The molecule has 4 rings (SSSR count). The van der Waals surface area contributed by atoms with Crippen LogP contribution in [0.1, 0.15) is 52.9 Å². The second kappa shape index (κ2) is 9.54. The van der Waals surface area contributed by atoms with Gasteiger partial charge in [-0.2, -0.15) is 10.2 Å². The normalized spacial score (nSPS) is 12.3. The van der Waals surface area contributed by atoms with Crippen LogP contribution < -0.4 is 4.74 Å². The molecule has 0 saturated carbocycles. The maximum absolute atomic E-state index is 12.0. The number of para-hydroxylation sites is 1. The van der Waals surface area contributed by atoms with Gasteiger partial charge in [0, 0.05) is 18.0 Å². The molecule has 0 fully saturated rings. The highest BCUT2D eigenvalue weighted by atomic mass is 16.5. The molecule has 0 atom stereocenters. The lowest BCUT2D eigenvalue weighted by molar-refractivity contribution is -0.139. The lowest BCUT2D eigenvalue weighted by Gasteiger charge is -2.21. The molecule has 2 aromatic heterocycles. The molecule has 0 aliphatic carbocycles. The molecule has 2 heterocycles. The van der Waals surface area contributed by atoms with Crippen LogP contribution in [0, 0.1) is 12.3 Å². The average molecular weight is 489 g/mol. The first kappa shape index (κ1) is 25.6. The summed E-state index contributed by atoms with van der Waals surface area (Å²) < 4.78 is 15.9. The van der Waals surface area contributed by atoms with Gasteiger partial charge in [-0.15, -0.1) is 0 Å². The van der Waals surface area contributed by atoms with E-state index in [1.54, 1.807) is 20.8 Å². The van der Waals surface area contributed by atoms with Crippen LogP contribution in [0.4, 0.5) is 0 Å². The molecule has 190 valence electrons. The van der Waals surface area contributed by atoms with Crippen molar-refractivity contribution in [2.75, 3.05) is 6.61 Å². The molecule has 2 aromatic carbocycles. The Labute approximate surface area is 213 Å². The molecular weight excluding hydrogens is 452 g/mol. The molecule has 4 aromatic rings. The lowest BCUT2D eigenvalue weighted by atomic mass is 9.99. The molecule has 0 aliphatic heterocycles. The first-order chi connectivity index (χ1) is 16.9. The van der Waals surface area contributed by atoms with Crippen molar-refractivity contribution in [1.29, 1.82) is 0 Å². The van der Waals surface area contributed by atoms with E-state index in [2.05, 4.69) is 38.0 Å².